The van der Waals surface area contributed by atoms with Crippen molar-refractivity contribution in [3.05, 3.63) is 54.1 Å². The number of rotatable bonds is 8. The standard InChI is InChI=1S/C23H30N2O4S/c1-3-10-20(18-11-6-4-7-12-18)23(26)24-21-17-19(13-14-22(21)29-2)30(27,28)25-15-8-5-9-16-25/h4,6-7,11-14,17,20H,3,5,8-10,15-16H2,1-2H3,(H,24,26)/t20-/m0/s1. The van der Waals surface area contributed by atoms with Crippen LogP contribution in [0.4, 0.5) is 5.69 Å². The number of methoxy groups -OCH3 is 1. The van der Waals surface area contributed by atoms with Gasteiger partial charge in [-0.05, 0) is 43.0 Å². The zero-order valence-electron chi connectivity index (χ0n) is 17.6. The van der Waals surface area contributed by atoms with Crippen molar-refractivity contribution < 1.29 is 17.9 Å². The van der Waals surface area contributed by atoms with Crippen LogP contribution in [0.2, 0.25) is 0 Å². The smallest absolute Gasteiger partial charge is 0.243 e. The van der Waals surface area contributed by atoms with Crippen LogP contribution in [0.1, 0.15) is 50.5 Å². The van der Waals surface area contributed by atoms with E-state index >= 15 is 0 Å². The van der Waals surface area contributed by atoms with E-state index in [0.717, 1.165) is 31.2 Å². The first-order valence-electron chi connectivity index (χ1n) is 10.5. The van der Waals surface area contributed by atoms with E-state index in [1.165, 1.54) is 17.5 Å². The fraction of sp³-hybridized carbons (Fsp3) is 0.435. The van der Waals surface area contributed by atoms with Gasteiger partial charge in [-0.2, -0.15) is 4.31 Å². The molecule has 1 atom stereocenters. The Labute approximate surface area is 179 Å². The van der Waals surface area contributed by atoms with Crippen molar-refractivity contribution in [3.63, 3.8) is 0 Å². The maximum atomic E-state index is 13.1. The van der Waals surface area contributed by atoms with Crippen molar-refractivity contribution in [1.29, 1.82) is 0 Å². The first kappa shape index (κ1) is 22.3. The molecule has 1 heterocycles. The largest absolute Gasteiger partial charge is 0.495 e. The Balaban J connectivity index is 1.89. The summed E-state index contributed by atoms with van der Waals surface area (Å²) in [5, 5.41) is 2.91. The lowest BCUT2D eigenvalue weighted by atomic mass is 9.93. The monoisotopic (exact) mass is 430 g/mol. The van der Waals surface area contributed by atoms with Gasteiger partial charge in [-0.25, -0.2) is 8.42 Å². The van der Waals surface area contributed by atoms with E-state index in [1.807, 2.05) is 37.3 Å². The summed E-state index contributed by atoms with van der Waals surface area (Å²) in [6.45, 7) is 3.10. The molecule has 1 aliphatic rings. The third kappa shape index (κ3) is 5.02. The number of hydrogen-bond acceptors (Lipinski definition) is 4. The molecule has 162 valence electrons. The number of piperidine rings is 1. The second-order valence-corrected chi connectivity index (χ2v) is 9.51. The minimum atomic E-state index is -3.60. The number of nitrogens with one attached hydrogen (secondary N) is 1. The Morgan fingerprint density at radius 2 is 1.80 bits per heavy atom. The molecule has 0 aliphatic carbocycles. The summed E-state index contributed by atoms with van der Waals surface area (Å²) in [4.78, 5) is 13.3. The topological polar surface area (TPSA) is 75.7 Å². The van der Waals surface area contributed by atoms with Crippen molar-refractivity contribution in [2.45, 2.75) is 49.8 Å². The summed E-state index contributed by atoms with van der Waals surface area (Å²) < 4.78 is 33.0. The molecule has 0 unspecified atom stereocenters. The van der Waals surface area contributed by atoms with Crippen molar-refractivity contribution >= 4 is 21.6 Å². The number of amides is 1. The number of carbonyl (C=O) groups excluding carboxylic acids is 1. The van der Waals surface area contributed by atoms with E-state index in [0.29, 0.717) is 30.9 Å². The normalized spacial score (nSPS) is 16.1. The highest BCUT2D eigenvalue weighted by molar-refractivity contribution is 7.89. The fourth-order valence-electron chi connectivity index (χ4n) is 3.84. The molecular weight excluding hydrogens is 400 g/mol. The van der Waals surface area contributed by atoms with Gasteiger partial charge in [-0.3, -0.25) is 4.79 Å². The van der Waals surface area contributed by atoms with Crippen LogP contribution in [0.3, 0.4) is 0 Å². The van der Waals surface area contributed by atoms with Gasteiger partial charge in [-0.15, -0.1) is 0 Å². The number of carbonyl (C=O) groups is 1. The molecule has 1 amide bonds. The molecule has 6 nitrogen and oxygen atoms in total. The van der Waals surface area contributed by atoms with Gasteiger partial charge in [0.05, 0.1) is 23.6 Å². The summed E-state index contributed by atoms with van der Waals surface area (Å²) in [7, 11) is -2.10. The number of nitrogens with zero attached hydrogens (tertiary/aromatic N) is 1. The van der Waals surface area contributed by atoms with Gasteiger partial charge in [-0.1, -0.05) is 50.1 Å². The maximum absolute atomic E-state index is 13.1. The minimum absolute atomic E-state index is 0.172. The molecular formula is C23H30N2O4S. The second kappa shape index (κ2) is 10.1. The van der Waals surface area contributed by atoms with E-state index in [1.54, 1.807) is 12.1 Å². The maximum Gasteiger partial charge on any atom is 0.243 e. The second-order valence-electron chi connectivity index (χ2n) is 7.57. The molecule has 7 heteroatoms. The quantitative estimate of drug-likeness (QED) is 0.674. The Morgan fingerprint density at radius 3 is 2.43 bits per heavy atom. The van der Waals surface area contributed by atoms with Crippen LogP contribution < -0.4 is 10.1 Å². The number of benzene rings is 2. The lowest BCUT2D eigenvalue weighted by Gasteiger charge is -2.26. The van der Waals surface area contributed by atoms with Crippen LogP contribution in [-0.4, -0.2) is 38.8 Å². The highest BCUT2D eigenvalue weighted by atomic mass is 32.2. The van der Waals surface area contributed by atoms with Gasteiger partial charge in [0.1, 0.15) is 5.75 Å². The molecule has 0 saturated carbocycles. The molecule has 1 saturated heterocycles. The van der Waals surface area contributed by atoms with E-state index in [2.05, 4.69) is 5.32 Å². The zero-order valence-corrected chi connectivity index (χ0v) is 18.5. The average Bonchev–Trinajstić information content (AvgIpc) is 2.78. The zero-order chi connectivity index (χ0) is 21.6. The van der Waals surface area contributed by atoms with Gasteiger partial charge in [0.2, 0.25) is 15.9 Å². The lowest BCUT2D eigenvalue weighted by molar-refractivity contribution is -0.117. The van der Waals surface area contributed by atoms with E-state index in [-0.39, 0.29) is 16.7 Å². The number of anilines is 1. The van der Waals surface area contributed by atoms with E-state index < -0.39 is 10.0 Å². The van der Waals surface area contributed by atoms with Crippen LogP contribution in [0.15, 0.2) is 53.4 Å². The van der Waals surface area contributed by atoms with Gasteiger partial charge in [0.25, 0.3) is 0 Å². The van der Waals surface area contributed by atoms with E-state index in [4.69, 9.17) is 4.74 Å². The molecule has 0 bridgehead atoms. The summed E-state index contributed by atoms with van der Waals surface area (Å²) in [5.41, 5.74) is 1.31. The van der Waals surface area contributed by atoms with Crippen molar-refractivity contribution in [2.75, 3.05) is 25.5 Å². The molecule has 30 heavy (non-hydrogen) atoms. The first-order valence-corrected chi connectivity index (χ1v) is 12.0. The molecule has 3 rings (SSSR count). The first-order chi connectivity index (χ1) is 14.5. The lowest BCUT2D eigenvalue weighted by Crippen LogP contribution is -2.35. The Kier molecular flexibility index (Phi) is 7.50. The van der Waals surface area contributed by atoms with Crippen LogP contribution in [0, 0.1) is 0 Å². The molecule has 1 N–H and O–H groups in total. The summed E-state index contributed by atoms with van der Waals surface area (Å²) in [5.74, 6) is -0.0543. The SMILES string of the molecule is CCC[C@H](C(=O)Nc1cc(S(=O)(=O)N2CCCCC2)ccc1OC)c1ccccc1. The van der Waals surface area contributed by atoms with Gasteiger partial charge >= 0.3 is 0 Å². The molecule has 0 aromatic heterocycles. The molecule has 0 radical (unpaired) electrons. The molecule has 2 aromatic rings. The van der Waals surface area contributed by atoms with Gasteiger partial charge in [0, 0.05) is 13.1 Å². The van der Waals surface area contributed by atoms with Gasteiger partial charge in [0.15, 0.2) is 0 Å². The Hall–Kier alpha value is -2.38. The van der Waals surface area contributed by atoms with E-state index in [9.17, 15) is 13.2 Å². The highest BCUT2D eigenvalue weighted by Crippen LogP contribution is 2.32. The molecule has 1 aliphatic heterocycles. The number of hydrogen-bond donors (Lipinski definition) is 1. The highest BCUT2D eigenvalue weighted by Gasteiger charge is 2.27. The molecule has 2 aromatic carbocycles. The van der Waals surface area contributed by atoms with Crippen molar-refractivity contribution in [3.8, 4) is 5.75 Å². The predicted molar refractivity (Wildman–Crippen MR) is 118 cm³/mol. The summed E-state index contributed by atoms with van der Waals surface area (Å²) in [6, 6.07) is 14.3. The third-order valence-electron chi connectivity index (χ3n) is 5.48. The third-order valence-corrected chi connectivity index (χ3v) is 7.37. The molecule has 1 fully saturated rings. The van der Waals surface area contributed by atoms with Crippen molar-refractivity contribution in [1.82, 2.24) is 4.31 Å². The van der Waals surface area contributed by atoms with Crippen LogP contribution in [-0.2, 0) is 14.8 Å². The average molecular weight is 431 g/mol. The number of sulfonamides is 1. The Bertz CT molecular complexity index is 954. The van der Waals surface area contributed by atoms with Gasteiger partial charge < -0.3 is 10.1 Å². The van der Waals surface area contributed by atoms with Crippen molar-refractivity contribution in [2.24, 2.45) is 0 Å². The van der Waals surface area contributed by atoms with Crippen LogP contribution in [0.25, 0.3) is 0 Å². The summed E-state index contributed by atoms with van der Waals surface area (Å²) in [6.07, 6.45) is 4.34. The van der Waals surface area contributed by atoms with Crippen LogP contribution in [0.5, 0.6) is 5.75 Å². The minimum Gasteiger partial charge on any atom is -0.495 e. The van der Waals surface area contributed by atoms with Crippen LogP contribution >= 0.6 is 0 Å². The predicted octanol–water partition coefficient (Wildman–Crippen LogP) is 4.39. The molecule has 0 spiro atoms. The Morgan fingerprint density at radius 1 is 1.10 bits per heavy atom. The fourth-order valence-corrected chi connectivity index (χ4v) is 5.39. The number of ether oxygens (including phenoxy) is 1. The summed E-state index contributed by atoms with van der Waals surface area (Å²) >= 11 is 0.